The Morgan fingerprint density at radius 2 is 2.11 bits per heavy atom. The Labute approximate surface area is 112 Å². The standard InChI is InChI=1S/C15H17FOS/c16-14-8-7-13(12(10-14)4-3-9-17)11-18-15-5-1-2-6-15/h7-8,10,15,17H,1-2,5-6,9,11H2. The molecule has 1 aliphatic rings. The first kappa shape index (κ1) is 13.5. The van der Waals surface area contributed by atoms with Crippen molar-refractivity contribution in [3.63, 3.8) is 0 Å². The van der Waals surface area contributed by atoms with E-state index in [1.807, 2.05) is 11.8 Å². The second-order valence-corrected chi connectivity index (χ2v) is 5.77. The lowest BCUT2D eigenvalue weighted by Crippen LogP contribution is -1.97. The van der Waals surface area contributed by atoms with Crippen LogP contribution in [0.25, 0.3) is 0 Å². The number of halogens is 1. The van der Waals surface area contributed by atoms with Crippen LogP contribution in [0.5, 0.6) is 0 Å². The van der Waals surface area contributed by atoms with Crippen LogP contribution >= 0.6 is 11.8 Å². The maximum Gasteiger partial charge on any atom is 0.124 e. The van der Waals surface area contributed by atoms with Gasteiger partial charge in [-0.3, -0.25) is 0 Å². The summed E-state index contributed by atoms with van der Waals surface area (Å²) < 4.78 is 13.2. The first-order valence-electron chi connectivity index (χ1n) is 6.29. The van der Waals surface area contributed by atoms with Gasteiger partial charge in [-0.05, 0) is 30.5 Å². The molecular weight excluding hydrogens is 247 g/mol. The normalized spacial score (nSPS) is 15.4. The predicted molar refractivity (Wildman–Crippen MR) is 73.9 cm³/mol. The average Bonchev–Trinajstić information content (AvgIpc) is 2.88. The minimum atomic E-state index is -0.271. The smallest absolute Gasteiger partial charge is 0.124 e. The molecule has 0 saturated heterocycles. The van der Waals surface area contributed by atoms with Crippen molar-refractivity contribution in [2.24, 2.45) is 0 Å². The third-order valence-corrected chi connectivity index (χ3v) is 4.57. The highest BCUT2D eigenvalue weighted by atomic mass is 32.2. The summed E-state index contributed by atoms with van der Waals surface area (Å²) in [7, 11) is 0. The number of rotatable bonds is 3. The zero-order chi connectivity index (χ0) is 12.8. The van der Waals surface area contributed by atoms with Crippen molar-refractivity contribution in [3.05, 3.63) is 35.1 Å². The number of benzene rings is 1. The third-order valence-electron chi connectivity index (χ3n) is 3.15. The summed E-state index contributed by atoms with van der Waals surface area (Å²) in [4.78, 5) is 0. The molecule has 18 heavy (non-hydrogen) atoms. The molecule has 1 fully saturated rings. The van der Waals surface area contributed by atoms with E-state index < -0.39 is 0 Å². The van der Waals surface area contributed by atoms with Crippen LogP contribution in [-0.2, 0) is 5.75 Å². The number of hydrogen-bond acceptors (Lipinski definition) is 2. The van der Waals surface area contributed by atoms with Gasteiger partial charge in [-0.2, -0.15) is 11.8 Å². The maximum atomic E-state index is 13.2. The molecule has 0 atom stereocenters. The Bertz CT molecular complexity index is 455. The molecule has 1 N–H and O–H groups in total. The molecule has 0 heterocycles. The van der Waals surface area contributed by atoms with Gasteiger partial charge in [-0.1, -0.05) is 30.7 Å². The van der Waals surface area contributed by atoms with Gasteiger partial charge in [-0.15, -0.1) is 0 Å². The fourth-order valence-corrected chi connectivity index (χ4v) is 3.52. The van der Waals surface area contributed by atoms with Gasteiger partial charge >= 0.3 is 0 Å². The summed E-state index contributed by atoms with van der Waals surface area (Å²) in [5.74, 6) is 6.02. The van der Waals surface area contributed by atoms with E-state index in [9.17, 15) is 4.39 Å². The van der Waals surface area contributed by atoms with Gasteiger partial charge in [-0.25, -0.2) is 4.39 Å². The molecule has 1 aliphatic carbocycles. The number of aliphatic hydroxyl groups excluding tert-OH is 1. The molecule has 0 unspecified atom stereocenters. The Hall–Kier alpha value is -0.980. The maximum absolute atomic E-state index is 13.2. The average molecular weight is 264 g/mol. The van der Waals surface area contributed by atoms with Crippen molar-refractivity contribution >= 4 is 11.8 Å². The van der Waals surface area contributed by atoms with Crippen LogP contribution in [0.2, 0.25) is 0 Å². The Morgan fingerprint density at radius 3 is 2.83 bits per heavy atom. The highest BCUT2D eigenvalue weighted by molar-refractivity contribution is 7.99. The van der Waals surface area contributed by atoms with Gasteiger partial charge in [0.15, 0.2) is 0 Å². The van der Waals surface area contributed by atoms with Gasteiger partial charge in [0.25, 0.3) is 0 Å². The molecule has 0 radical (unpaired) electrons. The van der Waals surface area contributed by atoms with Crippen LogP contribution in [-0.4, -0.2) is 17.0 Å². The summed E-state index contributed by atoms with van der Waals surface area (Å²) in [6.07, 6.45) is 5.25. The third kappa shape index (κ3) is 3.76. The number of aliphatic hydroxyl groups is 1. The van der Waals surface area contributed by atoms with Crippen LogP contribution in [0.3, 0.4) is 0 Å². The molecule has 2 rings (SSSR count). The molecule has 1 saturated carbocycles. The first-order valence-corrected chi connectivity index (χ1v) is 7.34. The highest BCUT2D eigenvalue weighted by Gasteiger charge is 2.15. The van der Waals surface area contributed by atoms with Crippen molar-refractivity contribution in [2.75, 3.05) is 6.61 Å². The minimum absolute atomic E-state index is 0.189. The predicted octanol–water partition coefficient (Wildman–Crippen LogP) is 3.35. The van der Waals surface area contributed by atoms with Crippen molar-refractivity contribution in [1.29, 1.82) is 0 Å². The van der Waals surface area contributed by atoms with E-state index in [0.717, 1.165) is 16.6 Å². The quantitative estimate of drug-likeness (QED) is 0.845. The van der Waals surface area contributed by atoms with Crippen LogP contribution in [0.4, 0.5) is 4.39 Å². The van der Waals surface area contributed by atoms with Crippen LogP contribution in [0.1, 0.15) is 36.8 Å². The van der Waals surface area contributed by atoms with Crippen molar-refractivity contribution in [1.82, 2.24) is 0 Å². The lowest BCUT2D eigenvalue weighted by Gasteiger charge is -2.10. The van der Waals surface area contributed by atoms with Crippen LogP contribution in [0.15, 0.2) is 18.2 Å². The van der Waals surface area contributed by atoms with Crippen LogP contribution in [0, 0.1) is 17.7 Å². The Kier molecular flexibility index (Phi) is 5.10. The van der Waals surface area contributed by atoms with Gasteiger partial charge in [0.2, 0.25) is 0 Å². The van der Waals surface area contributed by atoms with E-state index >= 15 is 0 Å². The fraction of sp³-hybridized carbons (Fsp3) is 0.467. The summed E-state index contributed by atoms with van der Waals surface area (Å²) in [6.45, 7) is -0.189. The highest BCUT2D eigenvalue weighted by Crippen LogP contribution is 2.32. The lowest BCUT2D eigenvalue weighted by atomic mass is 10.1. The van der Waals surface area contributed by atoms with Gasteiger partial charge < -0.3 is 5.11 Å². The number of hydrogen-bond donors (Lipinski definition) is 1. The van der Waals surface area contributed by atoms with E-state index in [4.69, 9.17) is 5.11 Å². The Morgan fingerprint density at radius 1 is 1.33 bits per heavy atom. The molecule has 1 aromatic carbocycles. The van der Waals surface area contributed by atoms with E-state index in [0.29, 0.717) is 5.56 Å². The molecule has 3 heteroatoms. The number of thioether (sulfide) groups is 1. The molecule has 1 nitrogen and oxygen atoms in total. The van der Waals surface area contributed by atoms with Gasteiger partial charge in [0.05, 0.1) is 0 Å². The molecule has 0 amide bonds. The van der Waals surface area contributed by atoms with Gasteiger partial charge in [0, 0.05) is 16.6 Å². The molecule has 0 bridgehead atoms. The molecule has 0 spiro atoms. The van der Waals surface area contributed by atoms with E-state index in [1.54, 1.807) is 6.07 Å². The molecule has 0 aliphatic heterocycles. The molecule has 1 aromatic rings. The van der Waals surface area contributed by atoms with Crippen molar-refractivity contribution < 1.29 is 9.50 Å². The van der Waals surface area contributed by atoms with Crippen molar-refractivity contribution in [2.45, 2.75) is 36.7 Å². The largest absolute Gasteiger partial charge is 0.384 e. The molecular formula is C15H17FOS. The zero-order valence-corrected chi connectivity index (χ0v) is 11.1. The topological polar surface area (TPSA) is 20.2 Å². The van der Waals surface area contributed by atoms with E-state index in [-0.39, 0.29) is 12.4 Å². The second-order valence-electron chi connectivity index (χ2n) is 4.48. The SMILES string of the molecule is OCC#Cc1cc(F)ccc1CSC1CCCC1. The summed E-state index contributed by atoms with van der Waals surface area (Å²) in [5.41, 5.74) is 1.77. The zero-order valence-electron chi connectivity index (χ0n) is 10.3. The monoisotopic (exact) mass is 264 g/mol. The summed E-state index contributed by atoms with van der Waals surface area (Å²) in [6, 6.07) is 4.74. The second kappa shape index (κ2) is 6.82. The summed E-state index contributed by atoms with van der Waals surface area (Å²) >= 11 is 1.94. The molecule has 96 valence electrons. The minimum Gasteiger partial charge on any atom is -0.384 e. The van der Waals surface area contributed by atoms with Crippen molar-refractivity contribution in [3.8, 4) is 11.8 Å². The van der Waals surface area contributed by atoms with E-state index in [1.165, 1.54) is 37.8 Å². The first-order chi connectivity index (χ1) is 8.79. The lowest BCUT2D eigenvalue weighted by molar-refractivity contribution is 0.350. The fourth-order valence-electron chi connectivity index (χ4n) is 2.19. The van der Waals surface area contributed by atoms with Crippen LogP contribution < -0.4 is 0 Å². The Balaban J connectivity index is 2.05. The molecule has 0 aromatic heterocycles. The van der Waals surface area contributed by atoms with Gasteiger partial charge in [0.1, 0.15) is 12.4 Å². The summed E-state index contributed by atoms with van der Waals surface area (Å²) in [5, 5.41) is 9.46. The van der Waals surface area contributed by atoms with E-state index in [2.05, 4.69) is 11.8 Å².